The fraction of sp³-hybridized carbons (Fsp3) is 0.125. The van der Waals surface area contributed by atoms with Gasteiger partial charge in [0, 0.05) is 10.2 Å². The maximum absolute atomic E-state index is 11.9. The molecule has 0 saturated heterocycles. The first-order valence-electron chi connectivity index (χ1n) is 6.39. The Hall–Kier alpha value is -2.14. The van der Waals surface area contributed by atoms with E-state index in [1.165, 1.54) is 6.92 Å². The van der Waals surface area contributed by atoms with E-state index in [2.05, 4.69) is 21.2 Å². The highest BCUT2D eigenvalue weighted by Gasteiger charge is 2.18. The third-order valence-corrected chi connectivity index (χ3v) is 3.30. The van der Waals surface area contributed by atoms with Crippen LogP contribution < -0.4 is 5.32 Å². The number of carbonyl (C=O) groups is 2. The maximum atomic E-state index is 11.9. The van der Waals surface area contributed by atoms with Crippen LogP contribution >= 0.6 is 15.9 Å². The smallest absolute Gasteiger partial charge is 0.338 e. The van der Waals surface area contributed by atoms with E-state index < -0.39 is 12.1 Å². The molecule has 2 rings (SSSR count). The van der Waals surface area contributed by atoms with Gasteiger partial charge in [-0.3, -0.25) is 4.79 Å². The highest BCUT2D eigenvalue weighted by Crippen LogP contribution is 2.12. The van der Waals surface area contributed by atoms with E-state index in [-0.39, 0.29) is 5.91 Å². The SMILES string of the molecule is C[C@@H](OC(=O)c1ccc(Br)cc1)C(=O)Nc1ccccc1. The molecule has 0 radical (unpaired) electrons. The van der Waals surface area contributed by atoms with Crippen LogP contribution in [0, 0.1) is 0 Å². The van der Waals surface area contributed by atoms with E-state index in [9.17, 15) is 9.59 Å². The summed E-state index contributed by atoms with van der Waals surface area (Å²) in [7, 11) is 0. The van der Waals surface area contributed by atoms with Gasteiger partial charge in [-0.05, 0) is 43.3 Å². The van der Waals surface area contributed by atoms with Gasteiger partial charge in [0.05, 0.1) is 5.56 Å². The second-order valence-electron chi connectivity index (χ2n) is 4.41. The van der Waals surface area contributed by atoms with Crippen molar-refractivity contribution in [1.29, 1.82) is 0 Å². The molecule has 0 aliphatic carbocycles. The normalized spacial score (nSPS) is 11.5. The molecule has 0 aromatic heterocycles. The minimum Gasteiger partial charge on any atom is -0.449 e. The van der Waals surface area contributed by atoms with E-state index in [1.807, 2.05) is 18.2 Å². The molecule has 0 unspecified atom stereocenters. The molecule has 0 aliphatic heterocycles. The van der Waals surface area contributed by atoms with Crippen LogP contribution in [-0.2, 0) is 9.53 Å². The van der Waals surface area contributed by atoms with Crippen molar-refractivity contribution in [1.82, 2.24) is 0 Å². The number of nitrogens with one attached hydrogen (secondary N) is 1. The van der Waals surface area contributed by atoms with Crippen molar-refractivity contribution in [2.24, 2.45) is 0 Å². The molecule has 5 heteroatoms. The van der Waals surface area contributed by atoms with Crippen molar-refractivity contribution < 1.29 is 14.3 Å². The number of rotatable bonds is 4. The Balaban J connectivity index is 1.94. The van der Waals surface area contributed by atoms with Gasteiger partial charge in [-0.1, -0.05) is 34.1 Å². The van der Waals surface area contributed by atoms with Gasteiger partial charge in [0.2, 0.25) is 0 Å². The summed E-state index contributed by atoms with van der Waals surface area (Å²) < 4.78 is 6.01. The summed E-state index contributed by atoms with van der Waals surface area (Å²) in [6, 6.07) is 15.8. The minimum atomic E-state index is -0.874. The third-order valence-electron chi connectivity index (χ3n) is 2.77. The number of anilines is 1. The van der Waals surface area contributed by atoms with Crippen LogP contribution in [0.5, 0.6) is 0 Å². The van der Waals surface area contributed by atoms with Crippen LogP contribution in [0.3, 0.4) is 0 Å². The monoisotopic (exact) mass is 347 g/mol. The standard InChI is InChI=1S/C16H14BrNO3/c1-11(15(19)18-14-5-3-2-4-6-14)21-16(20)12-7-9-13(17)10-8-12/h2-11H,1H3,(H,18,19)/t11-/m1/s1. The van der Waals surface area contributed by atoms with Crippen molar-refractivity contribution in [3.05, 3.63) is 64.6 Å². The number of para-hydroxylation sites is 1. The average Bonchev–Trinajstić information content (AvgIpc) is 2.48. The number of carbonyl (C=O) groups excluding carboxylic acids is 2. The van der Waals surface area contributed by atoms with E-state index in [0.29, 0.717) is 11.3 Å². The largest absolute Gasteiger partial charge is 0.449 e. The minimum absolute atomic E-state index is 0.369. The predicted molar refractivity (Wildman–Crippen MR) is 84.1 cm³/mol. The average molecular weight is 348 g/mol. The summed E-state index contributed by atoms with van der Waals surface area (Å²) in [5, 5.41) is 2.68. The molecule has 0 fully saturated rings. The van der Waals surface area contributed by atoms with Gasteiger partial charge in [0.25, 0.3) is 5.91 Å². The number of esters is 1. The summed E-state index contributed by atoms with van der Waals surface area (Å²) in [5.74, 6) is -0.898. The van der Waals surface area contributed by atoms with E-state index in [0.717, 1.165) is 4.47 Å². The Morgan fingerprint density at radius 1 is 1.05 bits per heavy atom. The molecule has 2 aromatic rings. The predicted octanol–water partition coefficient (Wildman–Crippen LogP) is 3.63. The van der Waals surface area contributed by atoms with Gasteiger partial charge in [0.1, 0.15) is 0 Å². The number of benzene rings is 2. The maximum Gasteiger partial charge on any atom is 0.338 e. The molecule has 0 spiro atoms. The van der Waals surface area contributed by atoms with Gasteiger partial charge in [-0.2, -0.15) is 0 Å². The second-order valence-corrected chi connectivity index (χ2v) is 5.33. The zero-order valence-corrected chi connectivity index (χ0v) is 13.0. The first-order chi connectivity index (χ1) is 10.1. The lowest BCUT2D eigenvalue weighted by atomic mass is 10.2. The number of hydrogen-bond donors (Lipinski definition) is 1. The van der Waals surface area contributed by atoms with Gasteiger partial charge < -0.3 is 10.1 Å². The van der Waals surface area contributed by atoms with Crippen molar-refractivity contribution >= 4 is 33.5 Å². The van der Waals surface area contributed by atoms with E-state index >= 15 is 0 Å². The first kappa shape index (κ1) is 15.3. The van der Waals surface area contributed by atoms with Crippen LogP contribution in [0.4, 0.5) is 5.69 Å². The number of halogens is 1. The lowest BCUT2D eigenvalue weighted by Gasteiger charge is -2.13. The highest BCUT2D eigenvalue weighted by atomic mass is 79.9. The van der Waals surface area contributed by atoms with Gasteiger partial charge >= 0.3 is 5.97 Å². The van der Waals surface area contributed by atoms with Gasteiger partial charge in [0.15, 0.2) is 6.10 Å². The molecule has 0 aliphatic rings. The molecule has 0 saturated carbocycles. The zero-order chi connectivity index (χ0) is 15.2. The lowest BCUT2D eigenvalue weighted by Crippen LogP contribution is -2.29. The Bertz CT molecular complexity index is 626. The molecule has 0 bridgehead atoms. The molecular formula is C16H14BrNO3. The first-order valence-corrected chi connectivity index (χ1v) is 7.18. The van der Waals surface area contributed by atoms with Crippen molar-refractivity contribution in [2.45, 2.75) is 13.0 Å². The van der Waals surface area contributed by atoms with Crippen LogP contribution in [0.1, 0.15) is 17.3 Å². The van der Waals surface area contributed by atoms with Crippen molar-refractivity contribution in [2.75, 3.05) is 5.32 Å². The fourth-order valence-corrected chi connectivity index (χ4v) is 1.90. The summed E-state index contributed by atoms with van der Waals surface area (Å²) in [6.07, 6.45) is -0.874. The molecule has 2 aromatic carbocycles. The summed E-state index contributed by atoms with van der Waals surface area (Å²) >= 11 is 3.29. The molecule has 1 N–H and O–H groups in total. The Morgan fingerprint density at radius 3 is 2.29 bits per heavy atom. The highest BCUT2D eigenvalue weighted by molar-refractivity contribution is 9.10. The molecular weight excluding hydrogens is 334 g/mol. The topological polar surface area (TPSA) is 55.4 Å². The summed E-state index contributed by atoms with van der Waals surface area (Å²) in [5.41, 5.74) is 1.06. The molecule has 1 atom stereocenters. The molecule has 0 heterocycles. The Kier molecular flexibility index (Phi) is 5.11. The van der Waals surface area contributed by atoms with Crippen LogP contribution in [-0.4, -0.2) is 18.0 Å². The zero-order valence-electron chi connectivity index (χ0n) is 11.4. The second kappa shape index (κ2) is 7.04. The molecule has 4 nitrogen and oxygen atoms in total. The summed E-state index contributed by atoms with van der Waals surface area (Å²) in [6.45, 7) is 1.54. The number of ether oxygens (including phenoxy) is 1. The number of hydrogen-bond acceptors (Lipinski definition) is 3. The summed E-state index contributed by atoms with van der Waals surface area (Å²) in [4.78, 5) is 23.8. The van der Waals surface area contributed by atoms with E-state index in [4.69, 9.17) is 4.74 Å². The van der Waals surface area contributed by atoms with Gasteiger partial charge in [-0.25, -0.2) is 4.79 Å². The van der Waals surface area contributed by atoms with Gasteiger partial charge in [-0.15, -0.1) is 0 Å². The quantitative estimate of drug-likeness (QED) is 0.859. The van der Waals surface area contributed by atoms with Crippen molar-refractivity contribution in [3.63, 3.8) is 0 Å². The van der Waals surface area contributed by atoms with Crippen molar-refractivity contribution in [3.8, 4) is 0 Å². The lowest BCUT2D eigenvalue weighted by molar-refractivity contribution is -0.123. The Labute approximate surface area is 131 Å². The van der Waals surface area contributed by atoms with E-state index in [1.54, 1.807) is 36.4 Å². The molecule has 108 valence electrons. The Morgan fingerprint density at radius 2 is 1.67 bits per heavy atom. The molecule has 21 heavy (non-hydrogen) atoms. The number of amides is 1. The molecule has 1 amide bonds. The van der Waals surface area contributed by atoms with Crippen LogP contribution in [0.15, 0.2) is 59.1 Å². The third kappa shape index (κ3) is 4.43. The van der Waals surface area contributed by atoms with Crippen LogP contribution in [0.2, 0.25) is 0 Å². The van der Waals surface area contributed by atoms with Crippen LogP contribution in [0.25, 0.3) is 0 Å². The fourth-order valence-electron chi connectivity index (χ4n) is 1.63.